The fourth-order valence-corrected chi connectivity index (χ4v) is 1.86. The number of hydrogen-bond acceptors (Lipinski definition) is 5. The van der Waals surface area contributed by atoms with Gasteiger partial charge in [-0.15, -0.1) is 5.10 Å². The standard InChI is InChI=1S/C11H8N4OS/c12-5-8-3-1-2-4-9(8)6-13-15-11-14-10(16)7-17-11/h1-4,6H,7H2,(H,14,15,16). The molecule has 0 radical (unpaired) electrons. The zero-order valence-electron chi connectivity index (χ0n) is 8.75. The molecule has 0 spiro atoms. The number of thioether (sulfide) groups is 1. The molecule has 1 aliphatic rings. The number of nitrogens with one attached hydrogen (secondary N) is 1. The molecule has 0 unspecified atom stereocenters. The van der Waals surface area contributed by atoms with Gasteiger partial charge in [0.25, 0.3) is 0 Å². The molecule has 5 nitrogen and oxygen atoms in total. The summed E-state index contributed by atoms with van der Waals surface area (Å²) < 4.78 is 0. The lowest BCUT2D eigenvalue weighted by molar-refractivity contribution is -0.116. The van der Waals surface area contributed by atoms with Gasteiger partial charge in [0.15, 0.2) is 5.17 Å². The minimum Gasteiger partial charge on any atom is -0.303 e. The average Bonchev–Trinajstić information content (AvgIpc) is 2.76. The van der Waals surface area contributed by atoms with Crippen molar-refractivity contribution in [3.8, 4) is 6.07 Å². The number of carbonyl (C=O) groups is 1. The lowest BCUT2D eigenvalue weighted by atomic mass is 10.1. The summed E-state index contributed by atoms with van der Waals surface area (Å²) in [7, 11) is 0. The van der Waals surface area contributed by atoms with E-state index in [1.807, 2.05) is 6.07 Å². The molecule has 1 fully saturated rings. The number of amidine groups is 1. The van der Waals surface area contributed by atoms with E-state index in [-0.39, 0.29) is 5.91 Å². The maximum absolute atomic E-state index is 10.9. The third-order valence-electron chi connectivity index (χ3n) is 2.01. The third kappa shape index (κ3) is 2.92. The summed E-state index contributed by atoms with van der Waals surface area (Å²) in [5, 5.41) is 19.6. The highest BCUT2D eigenvalue weighted by Crippen LogP contribution is 2.09. The van der Waals surface area contributed by atoms with Crippen LogP contribution in [-0.2, 0) is 4.79 Å². The minimum absolute atomic E-state index is 0.0682. The van der Waals surface area contributed by atoms with Crippen molar-refractivity contribution >= 4 is 29.1 Å². The maximum atomic E-state index is 10.9. The van der Waals surface area contributed by atoms with E-state index < -0.39 is 0 Å². The first kappa shape index (κ1) is 11.4. The van der Waals surface area contributed by atoms with Crippen LogP contribution in [0.5, 0.6) is 0 Å². The topological polar surface area (TPSA) is 77.6 Å². The van der Waals surface area contributed by atoms with Crippen LogP contribution in [0.15, 0.2) is 34.5 Å². The summed E-state index contributed by atoms with van der Waals surface area (Å²) >= 11 is 1.31. The highest BCUT2D eigenvalue weighted by molar-refractivity contribution is 8.15. The molecule has 1 heterocycles. The number of benzene rings is 1. The number of nitriles is 1. The first-order chi connectivity index (χ1) is 8.29. The van der Waals surface area contributed by atoms with Crippen LogP contribution in [0, 0.1) is 11.3 Å². The van der Waals surface area contributed by atoms with Gasteiger partial charge in [0, 0.05) is 5.56 Å². The summed E-state index contributed by atoms with van der Waals surface area (Å²) in [6, 6.07) is 9.16. The molecule has 1 aromatic carbocycles. The Morgan fingerprint density at radius 2 is 2.29 bits per heavy atom. The van der Waals surface area contributed by atoms with Crippen molar-refractivity contribution in [3.63, 3.8) is 0 Å². The van der Waals surface area contributed by atoms with Crippen molar-refractivity contribution in [2.45, 2.75) is 0 Å². The van der Waals surface area contributed by atoms with Gasteiger partial charge < -0.3 is 5.32 Å². The molecule has 0 aromatic heterocycles. The molecular weight excluding hydrogens is 236 g/mol. The Balaban J connectivity index is 2.11. The minimum atomic E-state index is -0.0682. The van der Waals surface area contributed by atoms with E-state index in [0.717, 1.165) is 0 Å². The fourth-order valence-electron chi connectivity index (χ4n) is 1.23. The van der Waals surface area contributed by atoms with Gasteiger partial charge in [-0.3, -0.25) is 4.79 Å². The predicted molar refractivity (Wildman–Crippen MR) is 66.8 cm³/mol. The van der Waals surface area contributed by atoms with Crippen LogP contribution in [0.4, 0.5) is 0 Å². The normalized spacial score (nSPS) is 17.4. The van der Waals surface area contributed by atoms with Crippen LogP contribution in [0.25, 0.3) is 0 Å². The Labute approximate surface area is 102 Å². The van der Waals surface area contributed by atoms with E-state index >= 15 is 0 Å². The van der Waals surface area contributed by atoms with Gasteiger partial charge in [0.2, 0.25) is 5.91 Å². The van der Waals surface area contributed by atoms with Crippen LogP contribution in [0.1, 0.15) is 11.1 Å². The zero-order chi connectivity index (χ0) is 12.1. The molecule has 0 aliphatic carbocycles. The van der Waals surface area contributed by atoms with Crippen LogP contribution < -0.4 is 5.32 Å². The van der Waals surface area contributed by atoms with Gasteiger partial charge in [-0.25, -0.2) is 0 Å². The molecule has 1 aliphatic heterocycles. The summed E-state index contributed by atoms with van der Waals surface area (Å²) in [4.78, 5) is 10.9. The molecule has 1 N–H and O–H groups in total. The molecule has 17 heavy (non-hydrogen) atoms. The lowest BCUT2D eigenvalue weighted by Crippen LogP contribution is -2.19. The molecule has 0 saturated carbocycles. The van der Waals surface area contributed by atoms with E-state index in [1.54, 1.807) is 18.2 Å². The Kier molecular flexibility index (Phi) is 3.52. The lowest BCUT2D eigenvalue weighted by Gasteiger charge is -1.94. The molecule has 1 saturated heterocycles. The second-order valence-electron chi connectivity index (χ2n) is 3.19. The van der Waals surface area contributed by atoms with Crippen molar-refractivity contribution in [1.82, 2.24) is 5.32 Å². The first-order valence-electron chi connectivity index (χ1n) is 4.82. The quantitative estimate of drug-likeness (QED) is 0.625. The molecule has 1 aromatic rings. The van der Waals surface area contributed by atoms with Crippen molar-refractivity contribution in [1.29, 1.82) is 5.26 Å². The monoisotopic (exact) mass is 244 g/mol. The SMILES string of the molecule is N#Cc1ccccc1C=NN=C1NC(=O)CS1. The average molecular weight is 244 g/mol. The highest BCUT2D eigenvalue weighted by atomic mass is 32.2. The van der Waals surface area contributed by atoms with E-state index in [9.17, 15) is 4.79 Å². The third-order valence-corrected chi connectivity index (χ3v) is 2.88. The van der Waals surface area contributed by atoms with Gasteiger partial charge in [-0.05, 0) is 6.07 Å². The number of rotatable bonds is 2. The molecule has 1 amide bonds. The smallest absolute Gasteiger partial charge is 0.236 e. The van der Waals surface area contributed by atoms with E-state index in [2.05, 4.69) is 21.6 Å². The van der Waals surface area contributed by atoms with Gasteiger partial charge in [-0.1, -0.05) is 30.0 Å². The second kappa shape index (κ2) is 5.27. The zero-order valence-corrected chi connectivity index (χ0v) is 9.57. The van der Waals surface area contributed by atoms with E-state index in [0.29, 0.717) is 22.0 Å². The molecule has 2 rings (SSSR count). The first-order valence-corrected chi connectivity index (χ1v) is 5.81. The van der Waals surface area contributed by atoms with Crippen LogP contribution >= 0.6 is 11.8 Å². The number of nitrogens with zero attached hydrogens (tertiary/aromatic N) is 3. The van der Waals surface area contributed by atoms with Crippen molar-refractivity contribution < 1.29 is 4.79 Å². The summed E-state index contributed by atoms with van der Waals surface area (Å²) in [6.07, 6.45) is 1.50. The van der Waals surface area contributed by atoms with Crippen molar-refractivity contribution in [2.24, 2.45) is 10.2 Å². The van der Waals surface area contributed by atoms with Gasteiger partial charge in [0.1, 0.15) is 0 Å². The van der Waals surface area contributed by atoms with Crippen LogP contribution in [0.3, 0.4) is 0 Å². The van der Waals surface area contributed by atoms with Gasteiger partial charge in [0.05, 0.1) is 23.6 Å². The number of amides is 1. The highest BCUT2D eigenvalue weighted by Gasteiger charge is 2.15. The fraction of sp³-hybridized carbons (Fsp3) is 0.0909. The summed E-state index contributed by atoms with van der Waals surface area (Å²) in [5.74, 6) is 0.310. The van der Waals surface area contributed by atoms with Crippen LogP contribution in [0.2, 0.25) is 0 Å². The molecular formula is C11H8N4OS. The Morgan fingerprint density at radius 1 is 1.47 bits per heavy atom. The molecule has 84 valence electrons. The Bertz CT molecular complexity index is 545. The number of carbonyl (C=O) groups excluding carboxylic acids is 1. The second-order valence-corrected chi connectivity index (χ2v) is 4.15. The van der Waals surface area contributed by atoms with E-state index in [1.165, 1.54) is 18.0 Å². The summed E-state index contributed by atoms with van der Waals surface area (Å²) in [5.41, 5.74) is 1.24. The van der Waals surface area contributed by atoms with Crippen molar-refractivity contribution in [2.75, 3.05) is 5.75 Å². The van der Waals surface area contributed by atoms with E-state index in [4.69, 9.17) is 5.26 Å². The predicted octanol–water partition coefficient (Wildman–Crippen LogP) is 1.11. The van der Waals surface area contributed by atoms with Gasteiger partial charge >= 0.3 is 0 Å². The Hall–Kier alpha value is -2.13. The Morgan fingerprint density at radius 3 is 3.00 bits per heavy atom. The summed E-state index contributed by atoms with van der Waals surface area (Å²) in [6.45, 7) is 0. The molecule has 0 atom stereocenters. The maximum Gasteiger partial charge on any atom is 0.236 e. The molecule has 6 heteroatoms. The van der Waals surface area contributed by atoms with Crippen LogP contribution in [-0.4, -0.2) is 23.0 Å². The largest absolute Gasteiger partial charge is 0.303 e. The molecule has 0 bridgehead atoms. The number of hydrogen-bond donors (Lipinski definition) is 1. The van der Waals surface area contributed by atoms with Crippen molar-refractivity contribution in [3.05, 3.63) is 35.4 Å². The van der Waals surface area contributed by atoms with Gasteiger partial charge in [-0.2, -0.15) is 10.4 Å².